The Morgan fingerprint density at radius 1 is 1.50 bits per heavy atom. The zero-order valence-corrected chi connectivity index (χ0v) is 10.5. The van der Waals surface area contributed by atoms with E-state index in [-0.39, 0.29) is 0 Å². The Bertz CT molecular complexity index is 358. The zero-order chi connectivity index (χ0) is 11.5. The summed E-state index contributed by atoms with van der Waals surface area (Å²) in [5.74, 6) is 0. The van der Waals surface area contributed by atoms with Crippen LogP contribution in [-0.2, 0) is 6.54 Å². The first kappa shape index (κ1) is 11.4. The molecule has 2 rings (SSSR count). The maximum absolute atomic E-state index is 4.39. The molecule has 1 fully saturated rings. The molecule has 16 heavy (non-hydrogen) atoms. The molecule has 0 amide bonds. The third-order valence-corrected chi connectivity index (χ3v) is 3.14. The lowest BCUT2D eigenvalue weighted by atomic mass is 10.2. The quantitative estimate of drug-likeness (QED) is 0.822. The molecular weight excluding hydrogens is 198 g/mol. The van der Waals surface area contributed by atoms with Gasteiger partial charge in [0.05, 0.1) is 0 Å². The van der Waals surface area contributed by atoms with Crippen molar-refractivity contribution in [3.05, 3.63) is 23.5 Å². The van der Waals surface area contributed by atoms with Gasteiger partial charge in [-0.3, -0.25) is 4.98 Å². The maximum Gasteiger partial charge on any atom is 0.0442 e. The van der Waals surface area contributed by atoms with Crippen molar-refractivity contribution in [1.82, 2.24) is 10.3 Å². The number of rotatable bonds is 5. The predicted octanol–water partition coefficient (Wildman–Crippen LogP) is 2.10. The van der Waals surface area contributed by atoms with Gasteiger partial charge in [0.15, 0.2) is 0 Å². The molecule has 0 bridgehead atoms. The van der Waals surface area contributed by atoms with Crippen LogP contribution in [0.2, 0.25) is 0 Å². The van der Waals surface area contributed by atoms with Crippen molar-refractivity contribution in [2.24, 2.45) is 0 Å². The van der Waals surface area contributed by atoms with Crippen LogP contribution in [0.4, 0.5) is 5.69 Å². The molecule has 0 saturated heterocycles. The molecule has 0 aliphatic heterocycles. The number of nitrogens with one attached hydrogen (secondary N) is 1. The van der Waals surface area contributed by atoms with E-state index < -0.39 is 0 Å². The highest BCUT2D eigenvalue weighted by Gasteiger charge is 2.20. The predicted molar refractivity (Wildman–Crippen MR) is 67.8 cm³/mol. The standard InChI is InChI=1S/C13H21N3/c1-4-16(3)13-7-10(2)14-8-11(13)9-15-12-5-6-12/h7-8,12,15H,4-6,9H2,1-3H3. The lowest BCUT2D eigenvalue weighted by Crippen LogP contribution is -2.22. The second-order valence-electron chi connectivity index (χ2n) is 4.62. The Morgan fingerprint density at radius 2 is 2.25 bits per heavy atom. The fraction of sp³-hybridized carbons (Fsp3) is 0.615. The third-order valence-electron chi connectivity index (χ3n) is 3.14. The Kier molecular flexibility index (Phi) is 3.44. The van der Waals surface area contributed by atoms with Crippen molar-refractivity contribution in [1.29, 1.82) is 0 Å². The molecule has 0 atom stereocenters. The van der Waals surface area contributed by atoms with Gasteiger partial charge >= 0.3 is 0 Å². The highest BCUT2D eigenvalue weighted by Crippen LogP contribution is 2.23. The molecule has 1 aromatic heterocycles. The van der Waals surface area contributed by atoms with Crippen molar-refractivity contribution < 1.29 is 0 Å². The number of hydrogen-bond acceptors (Lipinski definition) is 3. The number of hydrogen-bond donors (Lipinski definition) is 1. The second-order valence-corrected chi connectivity index (χ2v) is 4.62. The lowest BCUT2D eigenvalue weighted by molar-refractivity contribution is 0.683. The zero-order valence-electron chi connectivity index (χ0n) is 10.5. The molecule has 3 nitrogen and oxygen atoms in total. The number of aromatic nitrogens is 1. The van der Waals surface area contributed by atoms with Gasteiger partial charge in [-0.2, -0.15) is 0 Å². The summed E-state index contributed by atoms with van der Waals surface area (Å²) in [7, 11) is 2.13. The topological polar surface area (TPSA) is 28.2 Å². The number of anilines is 1. The minimum atomic E-state index is 0.751. The molecule has 0 spiro atoms. The SMILES string of the molecule is CCN(C)c1cc(C)ncc1CNC1CC1. The number of aryl methyl sites for hydroxylation is 1. The van der Waals surface area contributed by atoms with Gasteiger partial charge in [-0.05, 0) is 32.8 Å². The van der Waals surface area contributed by atoms with E-state index in [1.165, 1.54) is 24.1 Å². The van der Waals surface area contributed by atoms with Crippen LogP contribution in [0.5, 0.6) is 0 Å². The average Bonchev–Trinajstić information content (AvgIpc) is 3.10. The summed E-state index contributed by atoms with van der Waals surface area (Å²) in [5.41, 5.74) is 3.70. The van der Waals surface area contributed by atoms with Gasteiger partial charge in [-0.1, -0.05) is 0 Å². The van der Waals surface area contributed by atoms with Crippen molar-refractivity contribution in [2.75, 3.05) is 18.5 Å². The molecule has 1 N–H and O–H groups in total. The van der Waals surface area contributed by atoms with Crippen LogP contribution >= 0.6 is 0 Å². The first-order chi connectivity index (χ1) is 7.70. The summed E-state index contributed by atoms with van der Waals surface area (Å²) in [5, 5.41) is 3.55. The van der Waals surface area contributed by atoms with Crippen molar-refractivity contribution in [3.63, 3.8) is 0 Å². The van der Waals surface area contributed by atoms with Crippen molar-refractivity contribution in [3.8, 4) is 0 Å². The van der Waals surface area contributed by atoms with Gasteiger partial charge < -0.3 is 10.2 Å². The van der Waals surface area contributed by atoms with E-state index in [1.807, 2.05) is 13.1 Å². The Morgan fingerprint density at radius 3 is 2.88 bits per heavy atom. The van der Waals surface area contributed by atoms with Crippen molar-refractivity contribution in [2.45, 2.75) is 39.3 Å². The minimum absolute atomic E-state index is 0.751. The molecule has 1 aliphatic rings. The summed E-state index contributed by atoms with van der Waals surface area (Å²) in [6.07, 6.45) is 4.67. The first-order valence-corrected chi connectivity index (χ1v) is 6.10. The smallest absolute Gasteiger partial charge is 0.0442 e. The maximum atomic E-state index is 4.39. The third kappa shape index (κ3) is 2.73. The fourth-order valence-electron chi connectivity index (χ4n) is 1.78. The molecule has 0 radical (unpaired) electrons. The number of nitrogens with zero attached hydrogens (tertiary/aromatic N) is 2. The molecule has 1 heterocycles. The minimum Gasteiger partial charge on any atom is -0.375 e. The molecular formula is C13H21N3. The monoisotopic (exact) mass is 219 g/mol. The molecule has 88 valence electrons. The Hall–Kier alpha value is -1.09. The molecule has 1 aromatic rings. The normalized spacial score (nSPS) is 15.2. The van der Waals surface area contributed by atoms with Crippen LogP contribution in [0, 0.1) is 6.92 Å². The summed E-state index contributed by atoms with van der Waals surface area (Å²) in [6.45, 7) is 6.19. The van der Waals surface area contributed by atoms with Gasteiger partial charge in [0.25, 0.3) is 0 Å². The van der Waals surface area contributed by atoms with Gasteiger partial charge in [-0.25, -0.2) is 0 Å². The van der Waals surface area contributed by atoms with E-state index in [1.54, 1.807) is 0 Å². The van der Waals surface area contributed by atoms with E-state index in [2.05, 4.69) is 35.2 Å². The van der Waals surface area contributed by atoms with Gasteiger partial charge in [0.1, 0.15) is 0 Å². The van der Waals surface area contributed by atoms with E-state index in [9.17, 15) is 0 Å². The molecule has 0 unspecified atom stereocenters. The van der Waals surface area contributed by atoms with E-state index >= 15 is 0 Å². The summed E-state index contributed by atoms with van der Waals surface area (Å²) in [4.78, 5) is 6.66. The van der Waals surface area contributed by atoms with Crippen LogP contribution in [0.25, 0.3) is 0 Å². The number of pyridine rings is 1. The first-order valence-electron chi connectivity index (χ1n) is 6.10. The van der Waals surface area contributed by atoms with Crippen LogP contribution in [-0.4, -0.2) is 24.6 Å². The fourth-order valence-corrected chi connectivity index (χ4v) is 1.78. The Labute approximate surface area is 97.9 Å². The molecule has 3 heteroatoms. The second kappa shape index (κ2) is 4.83. The van der Waals surface area contributed by atoms with Crippen LogP contribution in [0.1, 0.15) is 31.0 Å². The molecule has 1 saturated carbocycles. The highest BCUT2D eigenvalue weighted by atomic mass is 15.1. The van der Waals surface area contributed by atoms with Gasteiger partial charge in [-0.15, -0.1) is 0 Å². The summed E-state index contributed by atoms with van der Waals surface area (Å²) < 4.78 is 0. The van der Waals surface area contributed by atoms with Crippen molar-refractivity contribution >= 4 is 5.69 Å². The highest BCUT2D eigenvalue weighted by molar-refractivity contribution is 5.52. The van der Waals surface area contributed by atoms with Gasteiger partial charge in [0, 0.05) is 49.3 Å². The molecule has 1 aliphatic carbocycles. The summed E-state index contributed by atoms with van der Waals surface area (Å²) in [6, 6.07) is 2.93. The van der Waals surface area contributed by atoms with Gasteiger partial charge in [0.2, 0.25) is 0 Å². The van der Waals surface area contributed by atoms with Crippen LogP contribution < -0.4 is 10.2 Å². The molecule has 0 aromatic carbocycles. The lowest BCUT2D eigenvalue weighted by Gasteiger charge is -2.21. The van der Waals surface area contributed by atoms with E-state index in [0.717, 1.165) is 24.8 Å². The van der Waals surface area contributed by atoms with Crippen LogP contribution in [0.15, 0.2) is 12.3 Å². The average molecular weight is 219 g/mol. The summed E-state index contributed by atoms with van der Waals surface area (Å²) >= 11 is 0. The van der Waals surface area contributed by atoms with Crippen LogP contribution in [0.3, 0.4) is 0 Å². The Balaban J connectivity index is 2.13. The van der Waals surface area contributed by atoms with E-state index in [4.69, 9.17) is 0 Å². The largest absolute Gasteiger partial charge is 0.375 e. The van der Waals surface area contributed by atoms with E-state index in [0.29, 0.717) is 0 Å².